The van der Waals surface area contributed by atoms with Crippen molar-refractivity contribution in [3.63, 3.8) is 0 Å². The molecule has 0 bridgehead atoms. The second-order valence-corrected chi connectivity index (χ2v) is 10.5. The van der Waals surface area contributed by atoms with E-state index >= 15 is 0 Å². The lowest BCUT2D eigenvalue weighted by molar-refractivity contribution is -0.145. The number of esters is 1. The number of aryl methyl sites for hydroxylation is 1. The Balaban J connectivity index is 1.13. The van der Waals surface area contributed by atoms with E-state index in [0.29, 0.717) is 53.6 Å². The molecule has 2 atom stereocenters. The minimum Gasteiger partial charge on any atom is -0.468 e. The van der Waals surface area contributed by atoms with Gasteiger partial charge in [-0.05, 0) is 61.0 Å². The number of amides is 3. The highest BCUT2D eigenvalue weighted by Gasteiger charge is 2.36. The zero-order valence-corrected chi connectivity index (χ0v) is 24.7. The number of methoxy groups -OCH3 is 1. The molecule has 5 rings (SSSR count). The Morgan fingerprint density at radius 1 is 1.07 bits per heavy atom. The molecule has 234 valence electrons. The van der Waals surface area contributed by atoms with Crippen LogP contribution in [0.5, 0.6) is 11.5 Å². The summed E-state index contributed by atoms with van der Waals surface area (Å²) in [6.07, 6.45) is 2.85. The van der Waals surface area contributed by atoms with Crippen molar-refractivity contribution >= 4 is 29.3 Å². The van der Waals surface area contributed by atoms with E-state index < -0.39 is 30.0 Å². The van der Waals surface area contributed by atoms with Crippen molar-refractivity contribution in [1.29, 1.82) is 0 Å². The van der Waals surface area contributed by atoms with Crippen molar-refractivity contribution in [2.75, 3.05) is 37.4 Å². The van der Waals surface area contributed by atoms with E-state index in [1.165, 1.54) is 13.2 Å². The molecule has 3 heterocycles. The number of nitrogens with zero attached hydrogens (tertiary/aromatic N) is 2. The number of β-amino-alcohol motifs (C(OH)–C–C–N with tert-alkyl or cyclic N) is 1. The molecular formula is C32H33FN6O6. The Labute approximate surface area is 258 Å². The summed E-state index contributed by atoms with van der Waals surface area (Å²) in [4.78, 5) is 46.2. The number of aliphatic hydroxyl groups is 1. The summed E-state index contributed by atoms with van der Waals surface area (Å²) in [6.45, 7) is 2.81. The van der Waals surface area contributed by atoms with Gasteiger partial charge in [-0.25, -0.2) is 9.18 Å². The number of anilines is 2. The molecule has 0 aliphatic carbocycles. The highest BCUT2D eigenvalue weighted by molar-refractivity contribution is 6.00. The van der Waals surface area contributed by atoms with Crippen LogP contribution in [0.15, 0.2) is 73.1 Å². The number of carbonyl (C=O) groups is 3. The molecule has 1 saturated heterocycles. The smallest absolute Gasteiger partial charge is 0.323 e. The number of aromatic amines is 1. The number of carbonyl (C=O) groups excluding carboxylic acids is 3. The SMILES string of the molecule is COC(=O)[C@@H]1C[C@@H](O)CN1CCNC(=O)c1c[nH]c(-c2cc(Oc3ccc(NC(=O)Nc4cc(C)ccc4F)cc3)ccn2)c1. The highest BCUT2D eigenvalue weighted by Crippen LogP contribution is 2.27. The minimum atomic E-state index is -0.614. The zero-order chi connectivity index (χ0) is 31.9. The number of hydrogen-bond acceptors (Lipinski definition) is 8. The number of ether oxygens (including phenoxy) is 2. The van der Waals surface area contributed by atoms with Crippen LogP contribution in [-0.4, -0.2) is 76.8 Å². The number of nitrogens with one attached hydrogen (secondary N) is 4. The first-order valence-electron chi connectivity index (χ1n) is 14.2. The van der Waals surface area contributed by atoms with Gasteiger partial charge in [0.2, 0.25) is 0 Å². The van der Waals surface area contributed by atoms with E-state index in [0.717, 1.165) is 5.56 Å². The number of aliphatic hydroxyl groups excluding tert-OH is 1. The Morgan fingerprint density at radius 3 is 2.64 bits per heavy atom. The number of likely N-dealkylation sites (tertiary alicyclic amines) is 1. The van der Waals surface area contributed by atoms with Gasteiger partial charge in [-0.3, -0.25) is 19.5 Å². The fraction of sp³-hybridized carbons (Fsp3) is 0.250. The number of benzene rings is 2. The van der Waals surface area contributed by atoms with Gasteiger partial charge in [-0.2, -0.15) is 0 Å². The highest BCUT2D eigenvalue weighted by atomic mass is 19.1. The number of aromatic nitrogens is 2. The second kappa shape index (κ2) is 14.0. The molecule has 0 unspecified atom stereocenters. The largest absolute Gasteiger partial charge is 0.468 e. The molecule has 3 amide bonds. The molecule has 13 heteroatoms. The van der Waals surface area contributed by atoms with Crippen molar-refractivity contribution in [2.24, 2.45) is 0 Å². The number of pyridine rings is 1. The molecule has 5 N–H and O–H groups in total. The Bertz CT molecular complexity index is 1680. The topological polar surface area (TPSA) is 158 Å². The summed E-state index contributed by atoms with van der Waals surface area (Å²) in [5, 5.41) is 17.9. The van der Waals surface area contributed by atoms with Gasteiger partial charge in [0.15, 0.2) is 0 Å². The molecule has 12 nitrogen and oxygen atoms in total. The van der Waals surface area contributed by atoms with E-state index in [1.54, 1.807) is 78.8 Å². The fourth-order valence-corrected chi connectivity index (χ4v) is 4.98. The summed E-state index contributed by atoms with van der Waals surface area (Å²) in [6, 6.07) is 15.1. The molecule has 2 aromatic heterocycles. The van der Waals surface area contributed by atoms with Gasteiger partial charge >= 0.3 is 12.0 Å². The Kier molecular flexibility index (Phi) is 9.70. The lowest BCUT2D eigenvalue weighted by Gasteiger charge is -2.21. The third kappa shape index (κ3) is 8.02. The van der Waals surface area contributed by atoms with E-state index in [2.05, 4.69) is 25.9 Å². The first kappa shape index (κ1) is 31.2. The predicted molar refractivity (Wildman–Crippen MR) is 165 cm³/mol. The van der Waals surface area contributed by atoms with E-state index in [-0.39, 0.29) is 18.1 Å². The number of hydrogen-bond donors (Lipinski definition) is 5. The van der Waals surface area contributed by atoms with Gasteiger partial charge in [0, 0.05) is 50.2 Å². The molecule has 1 fully saturated rings. The lowest BCUT2D eigenvalue weighted by Crippen LogP contribution is -2.41. The first-order chi connectivity index (χ1) is 21.7. The average Bonchev–Trinajstić information content (AvgIpc) is 3.67. The molecule has 0 saturated carbocycles. The van der Waals surface area contributed by atoms with Gasteiger partial charge in [0.1, 0.15) is 23.4 Å². The van der Waals surface area contributed by atoms with Crippen LogP contribution in [0.25, 0.3) is 11.4 Å². The third-order valence-electron chi connectivity index (χ3n) is 7.21. The monoisotopic (exact) mass is 616 g/mol. The second-order valence-electron chi connectivity index (χ2n) is 10.5. The van der Waals surface area contributed by atoms with Crippen molar-refractivity contribution in [2.45, 2.75) is 25.5 Å². The zero-order valence-electron chi connectivity index (χ0n) is 24.7. The molecule has 4 aromatic rings. The summed E-state index contributed by atoms with van der Waals surface area (Å²) >= 11 is 0. The summed E-state index contributed by atoms with van der Waals surface area (Å²) in [5.41, 5.74) is 2.96. The summed E-state index contributed by atoms with van der Waals surface area (Å²) in [7, 11) is 1.31. The number of urea groups is 1. The number of rotatable bonds is 10. The standard InChI is InChI=1S/C32H33FN6O6/c1-19-3-8-25(33)26(13-19)38-32(43)37-21-4-6-23(7-5-21)45-24-9-10-34-28(16-24)27-14-20(17-36-27)30(41)35-11-12-39-18-22(40)15-29(39)31(42)44-2/h3-10,13-14,16-17,22,29,36,40H,11-12,15,18H2,1-2H3,(H,35,41)(H2,37,38,43)/t22-,29+/m1/s1. The van der Waals surface area contributed by atoms with E-state index in [4.69, 9.17) is 9.47 Å². The molecule has 45 heavy (non-hydrogen) atoms. The molecule has 1 aliphatic rings. The Hall–Kier alpha value is -5.27. The van der Waals surface area contributed by atoms with Crippen LogP contribution in [0, 0.1) is 12.7 Å². The predicted octanol–water partition coefficient (Wildman–Crippen LogP) is 4.30. The maximum Gasteiger partial charge on any atom is 0.323 e. The maximum atomic E-state index is 13.9. The van der Waals surface area contributed by atoms with Gasteiger partial charge in [-0.15, -0.1) is 0 Å². The van der Waals surface area contributed by atoms with Crippen LogP contribution in [0.3, 0.4) is 0 Å². The summed E-state index contributed by atoms with van der Waals surface area (Å²) < 4.78 is 24.7. The van der Waals surface area contributed by atoms with Crippen LogP contribution >= 0.6 is 0 Å². The molecular weight excluding hydrogens is 583 g/mol. The van der Waals surface area contributed by atoms with Gasteiger partial charge in [0.05, 0.1) is 35.9 Å². The van der Waals surface area contributed by atoms with E-state index in [9.17, 15) is 23.9 Å². The number of halogens is 1. The van der Waals surface area contributed by atoms with Crippen molar-refractivity contribution in [3.05, 3.63) is 90.0 Å². The van der Waals surface area contributed by atoms with Gasteiger partial charge in [-0.1, -0.05) is 6.07 Å². The molecule has 1 aliphatic heterocycles. The third-order valence-corrected chi connectivity index (χ3v) is 7.21. The minimum absolute atomic E-state index is 0.0879. The van der Waals surface area contributed by atoms with Gasteiger partial charge < -0.3 is 35.5 Å². The summed E-state index contributed by atoms with van der Waals surface area (Å²) in [5.74, 6) is -0.221. The molecule has 2 aromatic carbocycles. The number of H-pyrrole nitrogens is 1. The van der Waals surface area contributed by atoms with Crippen molar-refractivity contribution in [3.8, 4) is 22.9 Å². The van der Waals surface area contributed by atoms with Crippen molar-refractivity contribution < 1.29 is 33.4 Å². The van der Waals surface area contributed by atoms with E-state index in [1.807, 2.05) is 0 Å². The average molecular weight is 617 g/mol. The van der Waals surface area contributed by atoms with Crippen LogP contribution in [0.1, 0.15) is 22.3 Å². The van der Waals surface area contributed by atoms with Crippen LogP contribution in [-0.2, 0) is 9.53 Å². The molecule has 0 spiro atoms. The Morgan fingerprint density at radius 2 is 1.87 bits per heavy atom. The fourth-order valence-electron chi connectivity index (χ4n) is 4.98. The van der Waals surface area contributed by atoms with Crippen LogP contribution < -0.4 is 20.7 Å². The normalized spacial score (nSPS) is 16.2. The molecule has 0 radical (unpaired) electrons. The first-order valence-corrected chi connectivity index (χ1v) is 14.2. The van der Waals surface area contributed by atoms with Crippen LogP contribution in [0.2, 0.25) is 0 Å². The van der Waals surface area contributed by atoms with Crippen LogP contribution in [0.4, 0.5) is 20.6 Å². The lowest BCUT2D eigenvalue weighted by atomic mass is 10.2. The van der Waals surface area contributed by atoms with Crippen molar-refractivity contribution in [1.82, 2.24) is 20.2 Å². The van der Waals surface area contributed by atoms with Gasteiger partial charge in [0.25, 0.3) is 5.91 Å². The maximum absolute atomic E-state index is 13.9. The quantitative estimate of drug-likeness (QED) is 0.165.